The molecule has 0 spiro atoms. The lowest BCUT2D eigenvalue weighted by molar-refractivity contribution is 0.0332. The highest BCUT2D eigenvalue weighted by atomic mass is 19.1. The molecule has 216 valence electrons. The number of benzene rings is 2. The van der Waals surface area contributed by atoms with Gasteiger partial charge in [-0.1, -0.05) is 6.07 Å². The van der Waals surface area contributed by atoms with Crippen LogP contribution in [0, 0.1) is 18.6 Å². The summed E-state index contributed by atoms with van der Waals surface area (Å²) in [5.41, 5.74) is 4.40. The fraction of sp³-hybridized carbons (Fsp3) is 0.419. The van der Waals surface area contributed by atoms with Crippen LogP contribution in [0.1, 0.15) is 30.5 Å². The van der Waals surface area contributed by atoms with Crippen molar-refractivity contribution in [1.29, 1.82) is 0 Å². The number of anilines is 2. The molecule has 10 heteroatoms. The van der Waals surface area contributed by atoms with E-state index in [-0.39, 0.29) is 12.1 Å². The molecule has 0 amide bonds. The number of halogens is 2. The second-order valence-electron chi connectivity index (χ2n) is 11.4. The van der Waals surface area contributed by atoms with Gasteiger partial charge in [-0.15, -0.1) is 0 Å². The first-order valence-corrected chi connectivity index (χ1v) is 14.3. The highest BCUT2D eigenvalue weighted by molar-refractivity contribution is 5.79. The van der Waals surface area contributed by atoms with Crippen LogP contribution < -0.4 is 10.6 Å². The molecular weight excluding hydrogens is 524 g/mol. The van der Waals surface area contributed by atoms with Crippen molar-refractivity contribution in [2.24, 2.45) is 0 Å². The van der Waals surface area contributed by atoms with Crippen LogP contribution in [0.5, 0.6) is 0 Å². The van der Waals surface area contributed by atoms with E-state index in [1.807, 2.05) is 17.0 Å². The third-order valence-corrected chi connectivity index (χ3v) is 7.95. The summed E-state index contributed by atoms with van der Waals surface area (Å²) in [6, 6.07) is 11.8. The van der Waals surface area contributed by atoms with Gasteiger partial charge < -0.3 is 19.9 Å². The fourth-order valence-electron chi connectivity index (χ4n) is 5.91. The first kappa shape index (κ1) is 27.7. The molecule has 2 atom stereocenters. The molecule has 2 N–H and O–H groups in total. The van der Waals surface area contributed by atoms with E-state index in [0.29, 0.717) is 55.7 Å². The molecule has 2 saturated heterocycles. The second kappa shape index (κ2) is 11.8. The molecule has 41 heavy (non-hydrogen) atoms. The Morgan fingerprint density at radius 2 is 1.71 bits per heavy atom. The van der Waals surface area contributed by atoms with Crippen molar-refractivity contribution in [3.05, 3.63) is 77.1 Å². The van der Waals surface area contributed by atoms with Crippen LogP contribution in [0.25, 0.3) is 16.7 Å². The molecule has 2 aliphatic heterocycles. The van der Waals surface area contributed by atoms with E-state index in [1.165, 1.54) is 23.3 Å². The largest absolute Gasteiger partial charge is 0.379 e. The normalized spacial score (nSPS) is 20.5. The van der Waals surface area contributed by atoms with E-state index in [0.717, 1.165) is 30.7 Å². The number of ether oxygens (including phenoxy) is 1. The van der Waals surface area contributed by atoms with Gasteiger partial charge in [0.05, 0.1) is 18.9 Å². The summed E-state index contributed by atoms with van der Waals surface area (Å²) in [6.07, 6.45) is 3.48. The van der Waals surface area contributed by atoms with E-state index in [4.69, 9.17) is 9.72 Å². The fourth-order valence-corrected chi connectivity index (χ4v) is 5.91. The van der Waals surface area contributed by atoms with Crippen LogP contribution >= 0.6 is 0 Å². The Kier molecular flexibility index (Phi) is 7.99. The monoisotopic (exact) mass is 561 g/mol. The standard InChI is InChI=1S/C31H37F2N7O/c1-20-4-5-25(12-24(20)18-39-16-21(2)35-22(3)17-39)36-31-34-15-23-6-7-40(30(23)37-31)26-13-28(32)27(29(33)14-26)19-38-8-10-41-11-9-38/h4-7,12-15,21-22,35H,8-11,16-19H2,1-3H3,(H,34,36,37)/t21-,22+. The Balaban J connectivity index is 1.23. The Morgan fingerprint density at radius 3 is 2.44 bits per heavy atom. The molecule has 0 saturated carbocycles. The molecule has 0 aliphatic carbocycles. The van der Waals surface area contributed by atoms with Crippen molar-refractivity contribution in [1.82, 2.24) is 29.7 Å². The molecule has 2 aliphatic rings. The van der Waals surface area contributed by atoms with Crippen molar-refractivity contribution >= 4 is 22.7 Å². The van der Waals surface area contributed by atoms with Gasteiger partial charge in [-0.25, -0.2) is 13.8 Å². The zero-order valence-electron chi connectivity index (χ0n) is 23.8. The van der Waals surface area contributed by atoms with Gasteiger partial charge in [-0.05, 0) is 62.2 Å². The third-order valence-electron chi connectivity index (χ3n) is 7.95. The summed E-state index contributed by atoms with van der Waals surface area (Å²) < 4.78 is 37.3. The number of hydrogen-bond donors (Lipinski definition) is 2. The maximum absolute atomic E-state index is 15.1. The van der Waals surface area contributed by atoms with E-state index in [9.17, 15) is 0 Å². The van der Waals surface area contributed by atoms with E-state index in [2.05, 4.69) is 53.4 Å². The minimum Gasteiger partial charge on any atom is -0.379 e. The average Bonchev–Trinajstić information content (AvgIpc) is 3.36. The molecule has 0 radical (unpaired) electrons. The lowest BCUT2D eigenvalue weighted by atomic mass is 10.1. The quantitative estimate of drug-likeness (QED) is 0.337. The van der Waals surface area contributed by atoms with Gasteiger partial charge in [0.1, 0.15) is 17.3 Å². The molecule has 0 bridgehead atoms. The van der Waals surface area contributed by atoms with Crippen LogP contribution in [-0.4, -0.2) is 75.8 Å². The van der Waals surface area contributed by atoms with Crippen molar-refractivity contribution in [3.8, 4) is 5.69 Å². The maximum atomic E-state index is 15.1. The minimum atomic E-state index is -0.568. The van der Waals surface area contributed by atoms with Gasteiger partial charge in [0.2, 0.25) is 5.95 Å². The summed E-state index contributed by atoms with van der Waals surface area (Å²) in [4.78, 5) is 13.7. The summed E-state index contributed by atoms with van der Waals surface area (Å²) in [5, 5.41) is 7.70. The Bertz CT molecular complexity index is 1500. The van der Waals surface area contributed by atoms with Crippen molar-refractivity contribution in [3.63, 3.8) is 0 Å². The van der Waals surface area contributed by atoms with Crippen LogP contribution in [0.4, 0.5) is 20.4 Å². The summed E-state index contributed by atoms with van der Waals surface area (Å²) in [5.74, 6) is -0.719. The number of nitrogens with zero attached hydrogens (tertiary/aromatic N) is 5. The Labute approximate surface area is 239 Å². The number of fused-ring (bicyclic) bond motifs is 1. The predicted molar refractivity (Wildman–Crippen MR) is 157 cm³/mol. The molecule has 4 aromatic rings. The molecule has 4 heterocycles. The van der Waals surface area contributed by atoms with E-state index < -0.39 is 11.6 Å². The van der Waals surface area contributed by atoms with Gasteiger partial charge in [-0.3, -0.25) is 9.80 Å². The molecule has 2 aromatic heterocycles. The summed E-state index contributed by atoms with van der Waals surface area (Å²) in [7, 11) is 0. The first-order valence-electron chi connectivity index (χ1n) is 14.3. The van der Waals surface area contributed by atoms with Crippen LogP contribution in [0.2, 0.25) is 0 Å². The Morgan fingerprint density at radius 1 is 0.976 bits per heavy atom. The van der Waals surface area contributed by atoms with Gasteiger partial charge in [0.15, 0.2) is 0 Å². The number of aryl methyl sites for hydroxylation is 1. The minimum absolute atomic E-state index is 0.0731. The van der Waals surface area contributed by atoms with Crippen LogP contribution in [-0.2, 0) is 17.8 Å². The number of rotatable bonds is 7. The molecular formula is C31H37F2N7O. The number of nitrogens with one attached hydrogen (secondary N) is 2. The molecule has 8 nitrogen and oxygen atoms in total. The van der Waals surface area contributed by atoms with E-state index in [1.54, 1.807) is 17.0 Å². The van der Waals surface area contributed by atoms with E-state index >= 15 is 8.78 Å². The number of hydrogen-bond acceptors (Lipinski definition) is 7. The zero-order chi connectivity index (χ0) is 28.5. The first-order chi connectivity index (χ1) is 19.8. The molecule has 6 rings (SSSR count). The van der Waals surface area contributed by atoms with Crippen molar-refractivity contribution in [2.75, 3.05) is 44.7 Å². The maximum Gasteiger partial charge on any atom is 0.229 e. The zero-order valence-corrected chi connectivity index (χ0v) is 23.8. The second-order valence-corrected chi connectivity index (χ2v) is 11.4. The van der Waals surface area contributed by atoms with Crippen LogP contribution in [0.3, 0.4) is 0 Å². The van der Waals surface area contributed by atoms with Gasteiger partial charge in [-0.2, -0.15) is 4.98 Å². The molecule has 2 aromatic carbocycles. The number of aromatic nitrogens is 3. The van der Waals surface area contributed by atoms with Crippen LogP contribution in [0.15, 0.2) is 48.8 Å². The third kappa shape index (κ3) is 6.25. The van der Waals surface area contributed by atoms with Gasteiger partial charge in [0, 0.05) is 80.4 Å². The lowest BCUT2D eigenvalue weighted by Crippen LogP contribution is -2.53. The molecule has 2 fully saturated rings. The summed E-state index contributed by atoms with van der Waals surface area (Å²) >= 11 is 0. The smallest absolute Gasteiger partial charge is 0.229 e. The van der Waals surface area contributed by atoms with Crippen molar-refractivity contribution < 1.29 is 13.5 Å². The Hall–Kier alpha value is -3.44. The van der Waals surface area contributed by atoms with Gasteiger partial charge >= 0.3 is 0 Å². The van der Waals surface area contributed by atoms with Crippen molar-refractivity contribution in [2.45, 2.75) is 45.9 Å². The molecule has 0 unspecified atom stereocenters. The van der Waals surface area contributed by atoms with Gasteiger partial charge in [0.25, 0.3) is 0 Å². The highest BCUT2D eigenvalue weighted by Crippen LogP contribution is 2.26. The SMILES string of the molecule is Cc1ccc(Nc2ncc3ccn(-c4cc(F)c(CN5CCOCC5)c(F)c4)c3n2)cc1CN1C[C@@H](C)N[C@@H](C)C1. The summed E-state index contributed by atoms with van der Waals surface area (Å²) in [6.45, 7) is 12.2. The topological polar surface area (TPSA) is 70.5 Å². The number of morpholine rings is 1. The highest BCUT2D eigenvalue weighted by Gasteiger charge is 2.22. The lowest BCUT2D eigenvalue weighted by Gasteiger charge is -2.36. The number of piperazine rings is 1. The average molecular weight is 562 g/mol. The predicted octanol–water partition coefficient (Wildman–Crippen LogP) is 4.77.